The zero-order valence-corrected chi connectivity index (χ0v) is 28.2. The van der Waals surface area contributed by atoms with Gasteiger partial charge in [-0.3, -0.25) is 4.90 Å². The van der Waals surface area contributed by atoms with Gasteiger partial charge in [-0.1, -0.05) is 111 Å². The number of esters is 1. The Labute approximate surface area is 257 Å². The van der Waals surface area contributed by atoms with E-state index < -0.39 is 37.5 Å². The highest BCUT2D eigenvalue weighted by atomic mass is 28.3. The molecule has 0 aliphatic carbocycles. The Morgan fingerprint density at radius 1 is 0.977 bits per heavy atom. The third kappa shape index (κ3) is 5.66. The molecule has 0 unspecified atom stereocenters. The summed E-state index contributed by atoms with van der Waals surface area (Å²) in [7, 11) is -2.17. The Morgan fingerprint density at radius 3 is 2.12 bits per heavy atom. The molecule has 2 heterocycles. The summed E-state index contributed by atoms with van der Waals surface area (Å²) in [6, 6.07) is 17.7. The lowest BCUT2D eigenvalue weighted by molar-refractivity contribution is -0.149. The molecule has 2 atom stereocenters. The van der Waals surface area contributed by atoms with Crippen LogP contribution in [0.15, 0.2) is 60.8 Å². The van der Waals surface area contributed by atoms with E-state index in [1.807, 2.05) is 57.2 Å². The van der Waals surface area contributed by atoms with Gasteiger partial charge >= 0.3 is 12.1 Å². The van der Waals surface area contributed by atoms with E-state index in [9.17, 15) is 14.4 Å². The zero-order chi connectivity index (χ0) is 31.7. The summed E-state index contributed by atoms with van der Waals surface area (Å²) in [5.41, 5.74) is 2.07. The fourth-order valence-electron chi connectivity index (χ4n) is 7.62. The summed E-state index contributed by atoms with van der Waals surface area (Å²) in [6.07, 6.45) is 1.30. The number of aldehydes is 1. The summed E-state index contributed by atoms with van der Waals surface area (Å²) >= 11 is 0. The molecule has 2 aromatic carbocycles. The van der Waals surface area contributed by atoms with Gasteiger partial charge in [0, 0.05) is 29.2 Å². The van der Waals surface area contributed by atoms with Crippen molar-refractivity contribution in [2.75, 3.05) is 0 Å². The van der Waals surface area contributed by atoms with Crippen LogP contribution in [0, 0.1) is 5.41 Å². The predicted molar refractivity (Wildman–Crippen MR) is 173 cm³/mol. The smallest absolute Gasteiger partial charge is 0.414 e. The van der Waals surface area contributed by atoms with Crippen LogP contribution in [-0.4, -0.2) is 47.5 Å². The van der Waals surface area contributed by atoms with Gasteiger partial charge in [0.1, 0.15) is 12.9 Å². The van der Waals surface area contributed by atoms with Crippen LogP contribution in [0.3, 0.4) is 0 Å². The Balaban J connectivity index is 1.88. The molecule has 1 aromatic heterocycles. The Bertz CT molecular complexity index is 1430. The molecule has 3 aromatic rings. The van der Waals surface area contributed by atoms with E-state index >= 15 is 0 Å². The first-order chi connectivity index (χ1) is 20.2. The van der Waals surface area contributed by atoms with Gasteiger partial charge in [-0.05, 0) is 40.0 Å². The number of rotatable bonds is 10. The highest BCUT2D eigenvalue weighted by Crippen LogP contribution is 2.47. The monoisotopic (exact) mass is 604 g/mol. The fourth-order valence-corrected chi connectivity index (χ4v) is 14.3. The lowest BCUT2D eigenvalue weighted by Gasteiger charge is -2.44. The first-order valence-corrected chi connectivity index (χ1v) is 17.6. The third-order valence-electron chi connectivity index (χ3n) is 9.33. The molecule has 1 aliphatic rings. The summed E-state index contributed by atoms with van der Waals surface area (Å²) < 4.78 is 14.3. The minimum Gasteiger partial charge on any atom is -0.444 e. The molecule has 0 N–H and O–H groups in total. The molecule has 232 valence electrons. The number of cyclic esters (lactones) is 1. The molecule has 7 nitrogen and oxygen atoms in total. The lowest BCUT2D eigenvalue weighted by Crippen LogP contribution is -2.57. The minimum absolute atomic E-state index is 0.0446. The largest absolute Gasteiger partial charge is 0.444 e. The summed E-state index contributed by atoms with van der Waals surface area (Å²) in [6.45, 7) is 19.7. The lowest BCUT2D eigenvalue weighted by atomic mass is 9.85. The molecule has 0 radical (unpaired) electrons. The summed E-state index contributed by atoms with van der Waals surface area (Å²) in [5.74, 6) is -0.576. The normalized spacial score (nSPS) is 19.5. The van der Waals surface area contributed by atoms with Gasteiger partial charge in [-0.15, -0.1) is 0 Å². The van der Waals surface area contributed by atoms with Crippen molar-refractivity contribution in [2.24, 2.45) is 5.41 Å². The average molecular weight is 605 g/mol. The number of carbonyl (C=O) groups is 3. The number of hydrogen-bond acceptors (Lipinski definition) is 5. The number of amides is 1. The summed E-state index contributed by atoms with van der Waals surface area (Å²) in [5, 5.41) is 1.02. The Kier molecular flexibility index (Phi) is 9.31. The number of para-hydroxylation sites is 1. The van der Waals surface area contributed by atoms with E-state index in [4.69, 9.17) is 9.47 Å². The molecule has 43 heavy (non-hydrogen) atoms. The van der Waals surface area contributed by atoms with Gasteiger partial charge in [0.05, 0.1) is 0 Å². The van der Waals surface area contributed by atoms with Crippen molar-refractivity contribution < 1.29 is 23.9 Å². The van der Waals surface area contributed by atoms with Gasteiger partial charge < -0.3 is 18.5 Å². The van der Waals surface area contributed by atoms with E-state index in [0.717, 1.165) is 28.3 Å². The van der Waals surface area contributed by atoms with Crippen LogP contribution in [-0.2, 0) is 32.1 Å². The highest BCUT2D eigenvalue weighted by Gasteiger charge is 2.61. The van der Waals surface area contributed by atoms with E-state index in [0.29, 0.717) is 16.6 Å². The number of aromatic nitrogens is 1. The molecule has 1 aliphatic heterocycles. The van der Waals surface area contributed by atoms with Crippen LogP contribution in [0.2, 0.25) is 16.6 Å². The number of nitrogens with zero attached hydrogens (tertiary/aromatic N) is 2. The maximum atomic E-state index is 14.0. The first kappa shape index (κ1) is 32.5. The maximum Gasteiger partial charge on any atom is 0.414 e. The molecule has 0 saturated carbocycles. The first-order valence-electron chi connectivity index (χ1n) is 15.5. The molecule has 0 spiro atoms. The molecule has 4 rings (SSSR count). The SMILES string of the molecule is CC(C)[Si](C(C)C)(C(C)C)n1cc(C[C@]2(CC=O)C(=O)O[C@H](C(C)(C)C)N2C(=O)OCc2ccccc2)c2ccccc21. The second kappa shape index (κ2) is 12.3. The van der Waals surface area contributed by atoms with Gasteiger partial charge in [-0.25, -0.2) is 9.59 Å². The summed E-state index contributed by atoms with van der Waals surface area (Å²) in [4.78, 5) is 41.7. The third-order valence-corrected chi connectivity index (χ3v) is 16.1. The molecule has 8 heteroatoms. The van der Waals surface area contributed by atoms with Gasteiger partial charge in [0.25, 0.3) is 0 Å². The second-order valence-electron chi connectivity index (χ2n) is 14.0. The van der Waals surface area contributed by atoms with Crippen molar-refractivity contribution in [3.05, 3.63) is 71.9 Å². The number of ether oxygens (including phenoxy) is 2. The van der Waals surface area contributed by atoms with Gasteiger partial charge in [0.15, 0.2) is 20.0 Å². The minimum atomic E-state index is -2.17. The second-order valence-corrected chi connectivity index (χ2v) is 19.7. The van der Waals surface area contributed by atoms with Crippen molar-refractivity contribution in [1.29, 1.82) is 0 Å². The van der Waals surface area contributed by atoms with Crippen molar-refractivity contribution in [1.82, 2.24) is 9.13 Å². The van der Waals surface area contributed by atoms with Crippen molar-refractivity contribution in [2.45, 2.75) is 110 Å². The Morgan fingerprint density at radius 2 is 1.56 bits per heavy atom. The number of carbonyl (C=O) groups excluding carboxylic acids is 3. The van der Waals surface area contributed by atoms with Crippen LogP contribution in [0.5, 0.6) is 0 Å². The molecule has 1 fully saturated rings. The van der Waals surface area contributed by atoms with E-state index in [-0.39, 0.29) is 19.4 Å². The van der Waals surface area contributed by atoms with E-state index in [1.54, 1.807) is 0 Å². The molecular weight excluding hydrogens is 556 g/mol. The standard InChI is InChI=1S/C35H48N2O5Si/c1-24(2)43(25(3)4,26(5)6)36-22-28(29-17-13-14-18-30(29)36)21-35(19-20-38)32(39)42-31(34(7,8)9)37(35)33(40)41-23-27-15-11-10-12-16-27/h10-18,20,22,24-26,31H,19,21,23H2,1-9H3/t31-,35-/m1/s1. The van der Waals surface area contributed by atoms with Gasteiger partial charge in [0.2, 0.25) is 0 Å². The van der Waals surface area contributed by atoms with E-state index in [1.165, 1.54) is 4.90 Å². The van der Waals surface area contributed by atoms with Gasteiger partial charge in [-0.2, -0.15) is 0 Å². The van der Waals surface area contributed by atoms with Crippen LogP contribution in [0.4, 0.5) is 4.79 Å². The number of fused-ring (bicyclic) bond motifs is 1. The van der Waals surface area contributed by atoms with E-state index in [2.05, 4.69) is 70.2 Å². The van der Waals surface area contributed by atoms with Crippen LogP contribution >= 0.6 is 0 Å². The number of benzene rings is 2. The average Bonchev–Trinajstić information content (AvgIpc) is 3.43. The van der Waals surface area contributed by atoms with Crippen LogP contribution in [0.25, 0.3) is 10.9 Å². The maximum absolute atomic E-state index is 14.0. The van der Waals surface area contributed by atoms with Crippen LogP contribution in [0.1, 0.15) is 79.9 Å². The van der Waals surface area contributed by atoms with Crippen molar-refractivity contribution in [3.63, 3.8) is 0 Å². The topological polar surface area (TPSA) is 77.8 Å². The van der Waals surface area contributed by atoms with Crippen LogP contribution < -0.4 is 0 Å². The van der Waals surface area contributed by atoms with Crippen molar-refractivity contribution >= 4 is 37.5 Å². The molecule has 0 bridgehead atoms. The fraction of sp³-hybridized carbons (Fsp3) is 0.514. The van der Waals surface area contributed by atoms with Crippen molar-refractivity contribution in [3.8, 4) is 0 Å². The quantitative estimate of drug-likeness (QED) is 0.133. The predicted octanol–water partition coefficient (Wildman–Crippen LogP) is 8.10. The molecule has 1 saturated heterocycles. The molecular formula is C35H48N2O5Si. The zero-order valence-electron chi connectivity index (χ0n) is 27.2. The molecule has 1 amide bonds. The highest BCUT2D eigenvalue weighted by molar-refractivity contribution is 6.82. The number of hydrogen-bond donors (Lipinski definition) is 0. The Hall–Kier alpha value is -3.39.